The molecule has 0 radical (unpaired) electrons. The molecule has 5 nitrogen and oxygen atoms in total. The maximum Gasteiger partial charge on any atom is 0.257 e. The molecule has 0 saturated carbocycles. The van der Waals surface area contributed by atoms with Crippen LogP contribution in [0.15, 0.2) is 18.2 Å². The molecule has 1 unspecified atom stereocenters. The minimum Gasteiger partial charge on any atom is -0.492 e. The van der Waals surface area contributed by atoms with Gasteiger partial charge in [0.25, 0.3) is 5.91 Å². The summed E-state index contributed by atoms with van der Waals surface area (Å²) in [6, 6.07) is 4.17. The molecule has 6 heteroatoms. The maximum atomic E-state index is 11.6. The molecule has 0 aliphatic rings. The standard InChI is InChI=1S/C11H16ClN3O2/c1-3-17-9-5-4-7(6-8(9)12)10(13)11(16)15(2)14/h4-6,10H,3,13-14H2,1-2H3. The van der Waals surface area contributed by atoms with Crippen molar-refractivity contribution in [2.24, 2.45) is 11.6 Å². The monoisotopic (exact) mass is 257 g/mol. The second-order valence-corrected chi connectivity index (χ2v) is 3.96. The van der Waals surface area contributed by atoms with Crippen LogP contribution in [0.2, 0.25) is 5.02 Å². The first-order valence-electron chi connectivity index (χ1n) is 5.17. The lowest BCUT2D eigenvalue weighted by Gasteiger charge is -2.17. The van der Waals surface area contributed by atoms with Gasteiger partial charge < -0.3 is 10.5 Å². The third kappa shape index (κ3) is 3.33. The largest absolute Gasteiger partial charge is 0.492 e. The van der Waals surface area contributed by atoms with E-state index >= 15 is 0 Å². The van der Waals surface area contributed by atoms with Crippen molar-refractivity contribution in [3.63, 3.8) is 0 Å². The second kappa shape index (κ2) is 5.86. The number of likely N-dealkylation sites (N-methyl/N-ethyl adjacent to an activating group) is 1. The Morgan fingerprint density at radius 1 is 1.59 bits per heavy atom. The van der Waals surface area contributed by atoms with Gasteiger partial charge in [0.05, 0.1) is 11.6 Å². The summed E-state index contributed by atoms with van der Waals surface area (Å²) in [5.74, 6) is 5.52. The molecule has 0 heterocycles. The number of hydrogen-bond donors (Lipinski definition) is 2. The number of rotatable bonds is 4. The van der Waals surface area contributed by atoms with Crippen molar-refractivity contribution in [3.05, 3.63) is 28.8 Å². The van der Waals surface area contributed by atoms with Gasteiger partial charge in [-0.3, -0.25) is 9.80 Å². The number of carbonyl (C=O) groups excluding carboxylic acids is 1. The quantitative estimate of drug-likeness (QED) is 0.480. The first-order chi connectivity index (χ1) is 7.97. The van der Waals surface area contributed by atoms with Gasteiger partial charge in [0, 0.05) is 7.05 Å². The molecule has 0 aromatic heterocycles. The molecule has 1 aromatic rings. The van der Waals surface area contributed by atoms with Gasteiger partial charge in [-0.05, 0) is 24.6 Å². The highest BCUT2D eigenvalue weighted by Crippen LogP contribution is 2.27. The van der Waals surface area contributed by atoms with Gasteiger partial charge >= 0.3 is 0 Å². The van der Waals surface area contributed by atoms with Gasteiger partial charge in [-0.25, -0.2) is 5.84 Å². The number of hydrogen-bond acceptors (Lipinski definition) is 4. The fourth-order valence-electron chi connectivity index (χ4n) is 1.35. The summed E-state index contributed by atoms with van der Waals surface area (Å²) in [6.45, 7) is 2.39. The topological polar surface area (TPSA) is 81.6 Å². The van der Waals surface area contributed by atoms with Crippen LogP contribution in [0.4, 0.5) is 0 Å². The van der Waals surface area contributed by atoms with Crippen molar-refractivity contribution in [3.8, 4) is 5.75 Å². The molecule has 0 aliphatic carbocycles. The molecule has 17 heavy (non-hydrogen) atoms. The molecular formula is C11H16ClN3O2. The van der Waals surface area contributed by atoms with Crippen molar-refractivity contribution in [2.45, 2.75) is 13.0 Å². The van der Waals surface area contributed by atoms with Crippen LogP contribution in [0.3, 0.4) is 0 Å². The molecule has 0 fully saturated rings. The Bertz CT molecular complexity index is 410. The molecule has 94 valence electrons. The summed E-state index contributed by atoms with van der Waals surface area (Å²) in [4.78, 5) is 11.6. The smallest absolute Gasteiger partial charge is 0.257 e. The van der Waals surface area contributed by atoms with E-state index in [1.54, 1.807) is 18.2 Å². The number of nitrogens with zero attached hydrogens (tertiary/aromatic N) is 1. The molecule has 1 atom stereocenters. The molecule has 1 aromatic carbocycles. The molecule has 0 aliphatic heterocycles. The van der Waals surface area contributed by atoms with Crippen LogP contribution in [0.5, 0.6) is 5.75 Å². The van der Waals surface area contributed by atoms with Crippen molar-refractivity contribution >= 4 is 17.5 Å². The average molecular weight is 258 g/mol. The molecule has 4 N–H and O–H groups in total. The summed E-state index contributed by atoms with van der Waals surface area (Å²) >= 11 is 6.00. The van der Waals surface area contributed by atoms with Gasteiger partial charge in [0.2, 0.25) is 0 Å². The average Bonchev–Trinajstić information content (AvgIpc) is 2.30. The molecule has 0 bridgehead atoms. The first kappa shape index (κ1) is 13.8. The van der Waals surface area contributed by atoms with E-state index in [4.69, 9.17) is 27.9 Å². The van der Waals surface area contributed by atoms with Crippen LogP contribution in [0.1, 0.15) is 18.5 Å². The minimum absolute atomic E-state index is 0.384. The predicted molar refractivity (Wildman–Crippen MR) is 66.5 cm³/mol. The van der Waals surface area contributed by atoms with E-state index in [2.05, 4.69) is 0 Å². The van der Waals surface area contributed by atoms with Crippen LogP contribution >= 0.6 is 11.6 Å². The lowest BCUT2D eigenvalue weighted by molar-refractivity contribution is -0.131. The zero-order valence-electron chi connectivity index (χ0n) is 9.81. The lowest BCUT2D eigenvalue weighted by Crippen LogP contribution is -2.40. The number of amides is 1. The Morgan fingerprint density at radius 2 is 2.24 bits per heavy atom. The van der Waals surface area contributed by atoms with Gasteiger partial charge in [-0.1, -0.05) is 17.7 Å². The summed E-state index contributed by atoms with van der Waals surface area (Å²) in [7, 11) is 1.44. The van der Waals surface area contributed by atoms with Crippen LogP contribution in [0.25, 0.3) is 0 Å². The third-order valence-corrected chi connectivity index (χ3v) is 2.52. The first-order valence-corrected chi connectivity index (χ1v) is 5.55. The van der Waals surface area contributed by atoms with E-state index in [1.807, 2.05) is 6.92 Å². The van der Waals surface area contributed by atoms with Gasteiger partial charge in [-0.2, -0.15) is 0 Å². The number of ether oxygens (including phenoxy) is 1. The number of carbonyl (C=O) groups is 1. The van der Waals surface area contributed by atoms with E-state index in [0.717, 1.165) is 5.01 Å². The van der Waals surface area contributed by atoms with Crippen molar-refractivity contribution < 1.29 is 9.53 Å². The van der Waals surface area contributed by atoms with Crippen LogP contribution in [-0.2, 0) is 4.79 Å². The Morgan fingerprint density at radius 3 is 2.71 bits per heavy atom. The zero-order valence-corrected chi connectivity index (χ0v) is 10.6. The number of hydrazine groups is 1. The maximum absolute atomic E-state index is 11.6. The Balaban J connectivity index is 2.93. The van der Waals surface area contributed by atoms with E-state index in [-0.39, 0.29) is 5.91 Å². The van der Waals surface area contributed by atoms with Crippen molar-refractivity contribution in [1.82, 2.24) is 5.01 Å². The second-order valence-electron chi connectivity index (χ2n) is 3.55. The summed E-state index contributed by atoms with van der Waals surface area (Å²) < 4.78 is 5.29. The molecule has 0 saturated heterocycles. The van der Waals surface area contributed by atoms with Gasteiger partial charge in [0.1, 0.15) is 11.8 Å². The molecular weight excluding hydrogens is 242 g/mol. The lowest BCUT2D eigenvalue weighted by atomic mass is 10.1. The van der Waals surface area contributed by atoms with E-state index in [0.29, 0.717) is 22.9 Å². The normalized spacial score (nSPS) is 12.1. The van der Waals surface area contributed by atoms with Gasteiger partial charge in [0.15, 0.2) is 0 Å². The highest BCUT2D eigenvalue weighted by atomic mass is 35.5. The van der Waals surface area contributed by atoms with Crippen molar-refractivity contribution in [1.29, 1.82) is 0 Å². The van der Waals surface area contributed by atoms with Crippen molar-refractivity contribution in [2.75, 3.05) is 13.7 Å². The Hall–Kier alpha value is -1.30. The van der Waals surface area contributed by atoms with Crippen LogP contribution in [-0.4, -0.2) is 24.6 Å². The predicted octanol–water partition coefficient (Wildman–Crippen LogP) is 1.07. The zero-order chi connectivity index (χ0) is 13.0. The molecule has 1 rings (SSSR count). The fourth-order valence-corrected chi connectivity index (χ4v) is 1.59. The number of nitrogens with two attached hydrogens (primary N) is 2. The third-order valence-electron chi connectivity index (χ3n) is 2.23. The number of benzene rings is 1. The molecule has 0 spiro atoms. The fraction of sp³-hybridized carbons (Fsp3) is 0.364. The summed E-state index contributed by atoms with van der Waals surface area (Å²) in [5, 5.41) is 1.38. The highest BCUT2D eigenvalue weighted by Gasteiger charge is 2.19. The highest BCUT2D eigenvalue weighted by molar-refractivity contribution is 6.32. The molecule has 1 amide bonds. The van der Waals surface area contributed by atoms with E-state index in [9.17, 15) is 4.79 Å². The number of halogens is 1. The van der Waals surface area contributed by atoms with Crippen LogP contribution < -0.4 is 16.3 Å². The van der Waals surface area contributed by atoms with E-state index in [1.165, 1.54) is 7.05 Å². The Labute approximate surface area is 105 Å². The van der Waals surface area contributed by atoms with E-state index < -0.39 is 6.04 Å². The minimum atomic E-state index is -0.821. The summed E-state index contributed by atoms with van der Waals surface area (Å²) in [5.41, 5.74) is 6.36. The van der Waals surface area contributed by atoms with Gasteiger partial charge in [-0.15, -0.1) is 0 Å². The SMILES string of the molecule is CCOc1ccc(C(N)C(=O)N(C)N)cc1Cl. The Kier molecular flexibility index (Phi) is 4.74. The summed E-state index contributed by atoms with van der Waals surface area (Å²) in [6.07, 6.45) is 0. The van der Waals surface area contributed by atoms with Crippen LogP contribution in [0, 0.1) is 0 Å².